The fourth-order valence-corrected chi connectivity index (χ4v) is 4.34. The maximum atomic E-state index is 6.20. The molecule has 1 fully saturated rings. The molecular formula is C24H33ClN2O. The summed E-state index contributed by atoms with van der Waals surface area (Å²) in [7, 11) is 1.65. The second-order valence-electron chi connectivity index (χ2n) is 7.93. The number of hydrogen-bond donors (Lipinski definition) is 2. The van der Waals surface area contributed by atoms with Crippen LogP contribution in [0.25, 0.3) is 0 Å². The van der Waals surface area contributed by atoms with Gasteiger partial charge in [-0.15, -0.1) is 0 Å². The van der Waals surface area contributed by atoms with E-state index in [4.69, 9.17) is 16.3 Å². The van der Waals surface area contributed by atoms with E-state index in [9.17, 15) is 0 Å². The molecule has 3 nitrogen and oxygen atoms in total. The lowest BCUT2D eigenvalue weighted by Gasteiger charge is -2.29. The highest BCUT2D eigenvalue weighted by atomic mass is 35.5. The molecule has 1 saturated carbocycles. The van der Waals surface area contributed by atoms with Crippen LogP contribution in [0.3, 0.4) is 0 Å². The Balaban J connectivity index is 1.26. The van der Waals surface area contributed by atoms with Gasteiger partial charge < -0.3 is 15.4 Å². The number of nitrogens with one attached hydrogen (secondary N) is 2. The molecule has 0 amide bonds. The van der Waals surface area contributed by atoms with Crippen LogP contribution in [-0.4, -0.2) is 26.7 Å². The van der Waals surface area contributed by atoms with Gasteiger partial charge in [0, 0.05) is 6.54 Å². The van der Waals surface area contributed by atoms with Crippen LogP contribution in [-0.2, 0) is 13.0 Å². The van der Waals surface area contributed by atoms with Gasteiger partial charge in [0.2, 0.25) is 0 Å². The van der Waals surface area contributed by atoms with Gasteiger partial charge >= 0.3 is 0 Å². The zero-order chi connectivity index (χ0) is 19.6. The highest BCUT2D eigenvalue weighted by Gasteiger charge is 2.20. The van der Waals surface area contributed by atoms with Crippen LogP contribution in [0.1, 0.15) is 36.8 Å². The van der Waals surface area contributed by atoms with Crippen molar-refractivity contribution in [3.8, 4) is 5.75 Å². The summed E-state index contributed by atoms with van der Waals surface area (Å²) in [6, 6.07) is 16.7. The largest absolute Gasteiger partial charge is 0.495 e. The van der Waals surface area contributed by atoms with E-state index in [-0.39, 0.29) is 0 Å². The van der Waals surface area contributed by atoms with Crippen molar-refractivity contribution < 1.29 is 4.74 Å². The van der Waals surface area contributed by atoms with Crippen molar-refractivity contribution in [2.45, 2.75) is 38.6 Å². The maximum absolute atomic E-state index is 6.20. The summed E-state index contributed by atoms with van der Waals surface area (Å²) in [5, 5.41) is 7.95. The van der Waals surface area contributed by atoms with E-state index in [0.717, 1.165) is 50.2 Å². The first-order valence-electron chi connectivity index (χ1n) is 10.5. The van der Waals surface area contributed by atoms with Crippen molar-refractivity contribution >= 4 is 11.6 Å². The number of methoxy groups -OCH3 is 1. The third kappa shape index (κ3) is 6.80. The Bertz CT molecular complexity index is 699. The van der Waals surface area contributed by atoms with Gasteiger partial charge in [0.1, 0.15) is 5.75 Å². The molecule has 2 aromatic rings. The summed E-state index contributed by atoms with van der Waals surface area (Å²) in [4.78, 5) is 0. The van der Waals surface area contributed by atoms with E-state index in [1.54, 1.807) is 7.11 Å². The average molecular weight is 401 g/mol. The van der Waals surface area contributed by atoms with Crippen LogP contribution in [0, 0.1) is 11.8 Å². The zero-order valence-electron chi connectivity index (χ0n) is 16.9. The molecule has 2 N–H and O–H groups in total. The minimum Gasteiger partial charge on any atom is -0.495 e. The van der Waals surface area contributed by atoms with Crippen LogP contribution in [0.5, 0.6) is 5.75 Å². The van der Waals surface area contributed by atoms with E-state index in [1.165, 1.54) is 36.8 Å². The standard InChI is InChI=1S/C24H33ClN2O/c1-28-24-12-11-22(15-23(24)25)18-27-17-21-9-7-20(8-10-21)16-26-14-13-19-5-3-2-4-6-19/h2-6,11-12,15,20-21,26-27H,7-10,13-14,16-18H2,1H3. The summed E-state index contributed by atoms with van der Waals surface area (Å²) in [5.41, 5.74) is 2.63. The Hall–Kier alpha value is -1.55. The molecule has 0 aliphatic heterocycles. The van der Waals surface area contributed by atoms with Crippen LogP contribution in [0.15, 0.2) is 48.5 Å². The third-order valence-corrected chi connectivity index (χ3v) is 6.11. The van der Waals surface area contributed by atoms with E-state index in [1.807, 2.05) is 12.1 Å². The van der Waals surface area contributed by atoms with Gasteiger partial charge in [0.15, 0.2) is 0 Å². The molecule has 0 atom stereocenters. The molecule has 0 saturated heterocycles. The van der Waals surface area contributed by atoms with Gasteiger partial charge in [-0.2, -0.15) is 0 Å². The lowest BCUT2D eigenvalue weighted by Crippen LogP contribution is -2.31. The van der Waals surface area contributed by atoms with E-state index < -0.39 is 0 Å². The first-order chi connectivity index (χ1) is 13.7. The van der Waals surface area contributed by atoms with Crippen LogP contribution in [0.4, 0.5) is 0 Å². The number of rotatable bonds is 10. The predicted octanol–water partition coefficient (Wildman–Crippen LogP) is 5.08. The molecule has 1 aliphatic carbocycles. The minimum atomic E-state index is 0.682. The molecule has 0 heterocycles. The molecule has 0 radical (unpaired) electrons. The Morgan fingerprint density at radius 3 is 2.21 bits per heavy atom. The first kappa shape index (κ1) is 21.2. The van der Waals surface area contributed by atoms with Crippen molar-refractivity contribution in [2.75, 3.05) is 26.7 Å². The maximum Gasteiger partial charge on any atom is 0.137 e. The molecule has 1 aliphatic rings. The van der Waals surface area contributed by atoms with Gasteiger partial charge in [-0.3, -0.25) is 0 Å². The topological polar surface area (TPSA) is 33.3 Å². The fourth-order valence-electron chi connectivity index (χ4n) is 4.06. The molecule has 0 bridgehead atoms. The Kier molecular flexibility index (Phi) is 8.66. The van der Waals surface area contributed by atoms with Crippen molar-refractivity contribution in [3.63, 3.8) is 0 Å². The van der Waals surface area contributed by atoms with Gasteiger partial charge in [-0.25, -0.2) is 0 Å². The monoisotopic (exact) mass is 400 g/mol. The predicted molar refractivity (Wildman–Crippen MR) is 118 cm³/mol. The summed E-state index contributed by atoms with van der Waals surface area (Å²) in [6.45, 7) is 4.20. The van der Waals surface area contributed by atoms with E-state index in [2.05, 4.69) is 47.0 Å². The SMILES string of the molecule is COc1ccc(CNCC2CCC(CNCCc3ccccc3)CC2)cc1Cl. The molecule has 0 spiro atoms. The highest BCUT2D eigenvalue weighted by molar-refractivity contribution is 6.32. The third-order valence-electron chi connectivity index (χ3n) is 5.81. The minimum absolute atomic E-state index is 0.682. The molecule has 152 valence electrons. The van der Waals surface area contributed by atoms with E-state index in [0.29, 0.717) is 5.02 Å². The molecule has 0 aromatic heterocycles. The Labute approximate surface area is 174 Å². The quantitative estimate of drug-likeness (QED) is 0.546. The van der Waals surface area contributed by atoms with Gasteiger partial charge in [-0.05, 0) is 86.8 Å². The van der Waals surface area contributed by atoms with Gasteiger partial charge in [-0.1, -0.05) is 48.0 Å². The summed E-state index contributed by atoms with van der Waals surface area (Å²) < 4.78 is 5.21. The fraction of sp³-hybridized carbons (Fsp3) is 0.500. The van der Waals surface area contributed by atoms with Crippen LogP contribution < -0.4 is 15.4 Å². The zero-order valence-corrected chi connectivity index (χ0v) is 17.7. The Morgan fingerprint density at radius 1 is 0.893 bits per heavy atom. The number of halogens is 1. The second kappa shape index (κ2) is 11.5. The van der Waals surface area contributed by atoms with Crippen molar-refractivity contribution in [3.05, 3.63) is 64.7 Å². The normalized spacial score (nSPS) is 19.5. The molecule has 4 heteroatoms. The smallest absolute Gasteiger partial charge is 0.137 e. The molecule has 28 heavy (non-hydrogen) atoms. The summed E-state index contributed by atoms with van der Waals surface area (Å²) in [5.74, 6) is 2.38. The van der Waals surface area contributed by atoms with Crippen LogP contribution >= 0.6 is 11.6 Å². The van der Waals surface area contributed by atoms with Crippen molar-refractivity contribution in [1.29, 1.82) is 0 Å². The highest BCUT2D eigenvalue weighted by Crippen LogP contribution is 2.28. The lowest BCUT2D eigenvalue weighted by molar-refractivity contribution is 0.261. The van der Waals surface area contributed by atoms with Gasteiger partial charge in [0.05, 0.1) is 12.1 Å². The second-order valence-corrected chi connectivity index (χ2v) is 8.33. The van der Waals surface area contributed by atoms with Crippen molar-refractivity contribution in [2.24, 2.45) is 11.8 Å². The summed E-state index contributed by atoms with van der Waals surface area (Å²) in [6.07, 6.45) is 6.48. The van der Waals surface area contributed by atoms with Crippen LogP contribution in [0.2, 0.25) is 5.02 Å². The van der Waals surface area contributed by atoms with Gasteiger partial charge in [0.25, 0.3) is 0 Å². The Morgan fingerprint density at radius 2 is 1.57 bits per heavy atom. The number of benzene rings is 2. The summed E-state index contributed by atoms with van der Waals surface area (Å²) >= 11 is 6.20. The van der Waals surface area contributed by atoms with Crippen molar-refractivity contribution in [1.82, 2.24) is 10.6 Å². The molecule has 2 aromatic carbocycles. The first-order valence-corrected chi connectivity index (χ1v) is 10.9. The number of hydrogen-bond acceptors (Lipinski definition) is 3. The lowest BCUT2D eigenvalue weighted by atomic mass is 9.82. The molecular weight excluding hydrogens is 368 g/mol. The van der Waals surface area contributed by atoms with E-state index >= 15 is 0 Å². The molecule has 0 unspecified atom stereocenters. The number of ether oxygens (including phenoxy) is 1. The molecule has 3 rings (SSSR count). The average Bonchev–Trinajstić information content (AvgIpc) is 2.73.